The van der Waals surface area contributed by atoms with Gasteiger partial charge in [-0.1, -0.05) is 13.8 Å². The third-order valence-electron chi connectivity index (χ3n) is 3.08. The first-order chi connectivity index (χ1) is 8.99. The summed E-state index contributed by atoms with van der Waals surface area (Å²) in [5.41, 5.74) is 7.38. The van der Waals surface area contributed by atoms with Gasteiger partial charge in [-0.25, -0.2) is 4.98 Å². The van der Waals surface area contributed by atoms with Gasteiger partial charge in [-0.05, 0) is 18.1 Å². The molecule has 2 rings (SSSR count). The molecule has 1 heterocycles. The van der Waals surface area contributed by atoms with Gasteiger partial charge in [0.2, 0.25) is 0 Å². The molecule has 19 heavy (non-hydrogen) atoms. The zero-order chi connectivity index (χ0) is 14.0. The normalized spacial score (nSPS) is 12.8. The van der Waals surface area contributed by atoms with Crippen LogP contribution >= 0.6 is 0 Å². The monoisotopic (exact) mass is 262 g/mol. The number of nitrogens with zero attached hydrogens (tertiary/aromatic N) is 1. The molecule has 6 nitrogen and oxygen atoms in total. The van der Waals surface area contributed by atoms with E-state index in [1.54, 1.807) is 12.1 Å². The number of aromatic amines is 1. The van der Waals surface area contributed by atoms with E-state index in [0.29, 0.717) is 28.8 Å². The standard InChI is InChI=1S/C13H18N4O2/c1-7(2)12(18)5-15-11-4-10-8(3-9(11)14)13(19)17-6-16-10/h3-4,6-7,12,15,18H,5,14H2,1-2H3,(H,16,17,19). The number of aliphatic hydroxyl groups excluding tert-OH is 1. The van der Waals surface area contributed by atoms with Gasteiger partial charge in [-0.3, -0.25) is 4.79 Å². The maximum atomic E-state index is 11.6. The minimum absolute atomic E-state index is 0.162. The van der Waals surface area contributed by atoms with Crippen LogP contribution < -0.4 is 16.6 Å². The lowest BCUT2D eigenvalue weighted by molar-refractivity contribution is 0.138. The number of H-pyrrole nitrogens is 1. The van der Waals surface area contributed by atoms with Crippen LogP contribution in [0.25, 0.3) is 10.9 Å². The van der Waals surface area contributed by atoms with E-state index in [1.165, 1.54) is 6.33 Å². The van der Waals surface area contributed by atoms with Gasteiger partial charge in [0, 0.05) is 6.54 Å². The Hall–Kier alpha value is -2.08. The third kappa shape index (κ3) is 2.85. The van der Waals surface area contributed by atoms with Gasteiger partial charge in [0.1, 0.15) is 0 Å². The van der Waals surface area contributed by atoms with Crippen LogP contribution in [0.15, 0.2) is 23.3 Å². The second-order valence-electron chi connectivity index (χ2n) is 4.88. The second kappa shape index (κ2) is 5.27. The predicted molar refractivity (Wildman–Crippen MR) is 76.1 cm³/mol. The van der Waals surface area contributed by atoms with Crippen molar-refractivity contribution >= 4 is 22.3 Å². The molecule has 102 valence electrons. The van der Waals surface area contributed by atoms with E-state index in [9.17, 15) is 9.90 Å². The van der Waals surface area contributed by atoms with E-state index in [-0.39, 0.29) is 11.5 Å². The van der Waals surface area contributed by atoms with Crippen molar-refractivity contribution in [3.8, 4) is 0 Å². The van der Waals surface area contributed by atoms with Crippen molar-refractivity contribution in [1.82, 2.24) is 9.97 Å². The molecular formula is C13H18N4O2. The first-order valence-corrected chi connectivity index (χ1v) is 6.18. The van der Waals surface area contributed by atoms with E-state index < -0.39 is 6.10 Å². The Labute approximate surface area is 110 Å². The first-order valence-electron chi connectivity index (χ1n) is 6.18. The number of aliphatic hydroxyl groups is 1. The van der Waals surface area contributed by atoms with Crippen molar-refractivity contribution in [3.63, 3.8) is 0 Å². The van der Waals surface area contributed by atoms with E-state index in [0.717, 1.165) is 0 Å². The Morgan fingerprint density at radius 2 is 2.21 bits per heavy atom. The number of nitrogens with one attached hydrogen (secondary N) is 2. The maximum Gasteiger partial charge on any atom is 0.258 e. The van der Waals surface area contributed by atoms with Crippen molar-refractivity contribution in [3.05, 3.63) is 28.8 Å². The number of hydrogen-bond acceptors (Lipinski definition) is 5. The Kier molecular flexibility index (Phi) is 3.71. The van der Waals surface area contributed by atoms with Crippen molar-refractivity contribution in [2.75, 3.05) is 17.6 Å². The molecule has 0 fully saturated rings. The molecule has 0 aliphatic carbocycles. The second-order valence-corrected chi connectivity index (χ2v) is 4.88. The Balaban J connectivity index is 2.29. The first kappa shape index (κ1) is 13.4. The van der Waals surface area contributed by atoms with Crippen LogP contribution in [-0.2, 0) is 0 Å². The molecule has 0 saturated heterocycles. The average molecular weight is 262 g/mol. The topological polar surface area (TPSA) is 104 Å². The fourth-order valence-corrected chi connectivity index (χ4v) is 1.74. The third-order valence-corrected chi connectivity index (χ3v) is 3.08. The van der Waals surface area contributed by atoms with Gasteiger partial charge in [-0.15, -0.1) is 0 Å². The molecule has 1 aromatic heterocycles. The quantitative estimate of drug-likeness (QED) is 0.614. The number of nitrogen functional groups attached to an aromatic ring is 1. The summed E-state index contributed by atoms with van der Waals surface area (Å²) in [7, 11) is 0. The van der Waals surface area contributed by atoms with Crippen molar-refractivity contribution in [2.24, 2.45) is 5.92 Å². The van der Waals surface area contributed by atoms with Crippen LogP contribution in [0.5, 0.6) is 0 Å². The van der Waals surface area contributed by atoms with Crippen molar-refractivity contribution in [1.29, 1.82) is 0 Å². The molecule has 1 atom stereocenters. The fourth-order valence-electron chi connectivity index (χ4n) is 1.74. The summed E-state index contributed by atoms with van der Waals surface area (Å²) in [6.45, 7) is 4.28. The average Bonchev–Trinajstić information content (AvgIpc) is 2.37. The summed E-state index contributed by atoms with van der Waals surface area (Å²) in [5, 5.41) is 13.3. The van der Waals surface area contributed by atoms with Crippen LogP contribution in [0.1, 0.15) is 13.8 Å². The molecule has 0 spiro atoms. The zero-order valence-electron chi connectivity index (χ0n) is 11.0. The van der Waals surface area contributed by atoms with E-state index in [2.05, 4.69) is 15.3 Å². The minimum atomic E-state index is -0.456. The highest BCUT2D eigenvalue weighted by molar-refractivity contribution is 5.88. The largest absolute Gasteiger partial charge is 0.397 e. The number of fused-ring (bicyclic) bond motifs is 1. The van der Waals surface area contributed by atoms with Gasteiger partial charge in [0.25, 0.3) is 5.56 Å². The zero-order valence-corrected chi connectivity index (χ0v) is 11.0. The van der Waals surface area contributed by atoms with Crippen LogP contribution in [-0.4, -0.2) is 27.7 Å². The molecule has 0 saturated carbocycles. The van der Waals surface area contributed by atoms with Gasteiger partial charge in [0.05, 0.1) is 34.7 Å². The summed E-state index contributed by atoms with van der Waals surface area (Å²) < 4.78 is 0. The summed E-state index contributed by atoms with van der Waals surface area (Å²) in [6.07, 6.45) is 0.898. The highest BCUT2D eigenvalue weighted by atomic mass is 16.3. The summed E-state index contributed by atoms with van der Waals surface area (Å²) in [6, 6.07) is 3.30. The van der Waals surface area contributed by atoms with Gasteiger partial charge >= 0.3 is 0 Å². The molecule has 0 aliphatic rings. The summed E-state index contributed by atoms with van der Waals surface area (Å²) >= 11 is 0. The summed E-state index contributed by atoms with van der Waals surface area (Å²) in [4.78, 5) is 18.2. The van der Waals surface area contributed by atoms with Crippen molar-refractivity contribution in [2.45, 2.75) is 20.0 Å². The Morgan fingerprint density at radius 1 is 1.47 bits per heavy atom. The maximum absolute atomic E-state index is 11.6. The summed E-state index contributed by atoms with van der Waals surface area (Å²) in [5.74, 6) is 0.162. The molecule has 2 aromatic rings. The Bertz CT molecular complexity index is 636. The molecule has 0 amide bonds. The minimum Gasteiger partial charge on any atom is -0.397 e. The van der Waals surface area contributed by atoms with E-state index >= 15 is 0 Å². The number of nitrogens with two attached hydrogens (primary N) is 1. The lowest BCUT2D eigenvalue weighted by Gasteiger charge is -2.17. The van der Waals surface area contributed by atoms with Crippen LogP contribution in [0, 0.1) is 5.92 Å². The molecule has 0 radical (unpaired) electrons. The van der Waals surface area contributed by atoms with Crippen molar-refractivity contribution < 1.29 is 5.11 Å². The highest BCUT2D eigenvalue weighted by Crippen LogP contribution is 2.23. The molecule has 1 unspecified atom stereocenters. The van der Waals surface area contributed by atoms with E-state index in [1.807, 2.05) is 13.8 Å². The molecule has 6 heteroatoms. The van der Waals surface area contributed by atoms with Crippen LogP contribution in [0.4, 0.5) is 11.4 Å². The number of aromatic nitrogens is 2. The van der Waals surface area contributed by atoms with E-state index in [4.69, 9.17) is 5.73 Å². The Morgan fingerprint density at radius 3 is 2.89 bits per heavy atom. The number of hydrogen-bond donors (Lipinski definition) is 4. The number of anilines is 2. The number of rotatable bonds is 4. The molecule has 1 aromatic carbocycles. The fraction of sp³-hybridized carbons (Fsp3) is 0.385. The lowest BCUT2D eigenvalue weighted by atomic mass is 10.1. The molecule has 0 bridgehead atoms. The molecular weight excluding hydrogens is 244 g/mol. The van der Waals surface area contributed by atoms with Gasteiger partial charge < -0.3 is 21.1 Å². The van der Waals surface area contributed by atoms with Crippen LogP contribution in [0.2, 0.25) is 0 Å². The lowest BCUT2D eigenvalue weighted by Crippen LogP contribution is -2.25. The molecule has 0 aliphatic heterocycles. The number of benzene rings is 1. The predicted octanol–water partition coefficient (Wildman–Crippen LogP) is 0.934. The smallest absolute Gasteiger partial charge is 0.258 e. The van der Waals surface area contributed by atoms with Gasteiger partial charge in [-0.2, -0.15) is 0 Å². The highest BCUT2D eigenvalue weighted by Gasteiger charge is 2.10. The SMILES string of the molecule is CC(C)C(O)CNc1cc2nc[nH]c(=O)c2cc1N. The van der Waals surface area contributed by atoms with Gasteiger partial charge in [0.15, 0.2) is 0 Å². The molecule has 5 N–H and O–H groups in total. The van der Waals surface area contributed by atoms with Crippen LogP contribution in [0.3, 0.4) is 0 Å².